The van der Waals surface area contributed by atoms with E-state index in [1.54, 1.807) is 0 Å². The highest BCUT2D eigenvalue weighted by Crippen LogP contribution is 1.98. The molecule has 0 spiro atoms. The van der Waals surface area contributed by atoms with E-state index in [1.165, 1.54) is 11.8 Å². The molecule has 0 aliphatic rings. The molecule has 2 nitrogen and oxygen atoms in total. The summed E-state index contributed by atoms with van der Waals surface area (Å²) in [5.74, 6) is 0. The lowest BCUT2D eigenvalue weighted by atomic mass is 10.4. The van der Waals surface area contributed by atoms with Gasteiger partial charge < -0.3 is 4.57 Å². The highest BCUT2D eigenvalue weighted by Gasteiger charge is 1.89. The molecule has 0 unspecified atom stereocenters. The number of aromatic nitrogens is 1. The molecule has 0 aromatic carbocycles. The maximum absolute atomic E-state index is 9.92. The Bertz CT molecular complexity index is 260. The Morgan fingerprint density at radius 3 is 3.00 bits per heavy atom. The number of rotatable bonds is 3. The number of nitrogens with zero attached hydrogens (tertiary/aromatic N) is 1. The summed E-state index contributed by atoms with van der Waals surface area (Å²) in [6.07, 6.45) is 6.13. The van der Waals surface area contributed by atoms with E-state index >= 15 is 0 Å². The van der Waals surface area contributed by atoms with Gasteiger partial charge in [-0.1, -0.05) is 6.08 Å². The number of carbonyl (C=O) groups excluding carboxylic acids is 1. The quantitative estimate of drug-likeness (QED) is 0.472. The van der Waals surface area contributed by atoms with Crippen molar-refractivity contribution >= 4 is 6.29 Å². The Morgan fingerprint density at radius 2 is 2.45 bits per heavy atom. The third-order valence-corrected chi connectivity index (χ3v) is 1.57. The summed E-state index contributed by atoms with van der Waals surface area (Å²) in [6.45, 7) is 2.81. The largest absolute Gasteiger partial charge is 0.348 e. The molecule has 0 radical (unpaired) electrons. The van der Waals surface area contributed by atoms with Gasteiger partial charge in [-0.2, -0.15) is 0 Å². The van der Waals surface area contributed by atoms with Gasteiger partial charge in [0.15, 0.2) is 0 Å². The zero-order valence-electron chi connectivity index (χ0n) is 6.53. The maximum atomic E-state index is 9.92. The number of hydrogen-bond acceptors (Lipinski definition) is 1. The molecule has 1 rings (SSSR count). The molecule has 1 aromatic heterocycles. The first-order chi connectivity index (χ1) is 5.34. The van der Waals surface area contributed by atoms with E-state index in [2.05, 4.69) is 4.57 Å². The fourth-order valence-electron chi connectivity index (χ4n) is 0.934. The topological polar surface area (TPSA) is 22.0 Å². The molecule has 0 atom stereocenters. The van der Waals surface area contributed by atoms with Crippen molar-refractivity contribution in [3.05, 3.63) is 36.2 Å². The van der Waals surface area contributed by atoms with Gasteiger partial charge in [0, 0.05) is 18.4 Å². The van der Waals surface area contributed by atoms with Crippen molar-refractivity contribution in [2.24, 2.45) is 0 Å². The molecule has 1 aromatic rings. The van der Waals surface area contributed by atoms with E-state index in [0.717, 1.165) is 12.8 Å². The van der Waals surface area contributed by atoms with Crippen LogP contribution < -0.4 is 0 Å². The minimum absolute atomic E-state index is 0.775. The molecular formula is C9H11NO. The second-order valence-corrected chi connectivity index (χ2v) is 2.37. The average Bonchev–Trinajstić information content (AvgIpc) is 2.37. The lowest BCUT2D eigenvalue weighted by molar-refractivity contribution is -0.104. The number of carbonyl (C=O) groups is 1. The van der Waals surface area contributed by atoms with E-state index in [9.17, 15) is 4.79 Å². The monoisotopic (exact) mass is 149 g/mol. The van der Waals surface area contributed by atoms with Crippen molar-refractivity contribution in [3.63, 3.8) is 0 Å². The van der Waals surface area contributed by atoms with Crippen LogP contribution in [0.25, 0.3) is 0 Å². The van der Waals surface area contributed by atoms with Crippen LogP contribution in [0.2, 0.25) is 0 Å². The number of aldehydes is 1. The highest BCUT2D eigenvalue weighted by molar-refractivity contribution is 5.64. The lowest BCUT2D eigenvalue weighted by Gasteiger charge is -1.99. The van der Waals surface area contributed by atoms with E-state index in [1.807, 2.05) is 31.3 Å². The summed E-state index contributed by atoms with van der Waals surface area (Å²) >= 11 is 0. The molecule has 0 saturated heterocycles. The number of allylic oxidation sites excluding steroid dienone is 2. The van der Waals surface area contributed by atoms with Crippen molar-refractivity contribution < 1.29 is 4.79 Å². The van der Waals surface area contributed by atoms with Gasteiger partial charge in [0.25, 0.3) is 0 Å². The SMILES string of the molecule is Cc1cccn1C/C=C/C=O. The van der Waals surface area contributed by atoms with Crippen LogP contribution in [0.15, 0.2) is 30.5 Å². The van der Waals surface area contributed by atoms with E-state index in [0.29, 0.717) is 0 Å². The van der Waals surface area contributed by atoms with Crippen LogP contribution in [0.5, 0.6) is 0 Å². The third kappa shape index (κ3) is 2.08. The van der Waals surface area contributed by atoms with Gasteiger partial charge in [-0.05, 0) is 25.1 Å². The van der Waals surface area contributed by atoms with Crippen LogP contribution in [0.3, 0.4) is 0 Å². The van der Waals surface area contributed by atoms with E-state index in [-0.39, 0.29) is 0 Å². The molecule has 0 saturated carbocycles. The Labute approximate surface area is 66.1 Å². The molecule has 0 aliphatic heterocycles. The second-order valence-electron chi connectivity index (χ2n) is 2.37. The summed E-state index contributed by atoms with van der Waals surface area (Å²) in [4.78, 5) is 9.92. The van der Waals surface area contributed by atoms with Crippen LogP contribution >= 0.6 is 0 Å². The van der Waals surface area contributed by atoms with Crippen LogP contribution in [0.1, 0.15) is 5.69 Å². The Morgan fingerprint density at radius 1 is 1.64 bits per heavy atom. The molecule has 11 heavy (non-hydrogen) atoms. The molecular weight excluding hydrogens is 138 g/mol. The summed E-state index contributed by atoms with van der Waals surface area (Å²) in [6, 6.07) is 4.03. The molecule has 2 heteroatoms. The van der Waals surface area contributed by atoms with Gasteiger partial charge in [-0.25, -0.2) is 0 Å². The van der Waals surface area contributed by atoms with Crippen molar-refractivity contribution in [2.75, 3.05) is 0 Å². The minimum atomic E-state index is 0.775. The Hall–Kier alpha value is -1.31. The van der Waals surface area contributed by atoms with E-state index in [4.69, 9.17) is 0 Å². The average molecular weight is 149 g/mol. The Kier molecular flexibility index (Phi) is 2.66. The van der Waals surface area contributed by atoms with Gasteiger partial charge in [0.2, 0.25) is 0 Å². The zero-order chi connectivity index (χ0) is 8.10. The molecule has 0 amide bonds. The van der Waals surface area contributed by atoms with Gasteiger partial charge in [-0.15, -0.1) is 0 Å². The van der Waals surface area contributed by atoms with Gasteiger partial charge in [0.1, 0.15) is 6.29 Å². The molecule has 1 heterocycles. The molecule has 0 aliphatic carbocycles. The van der Waals surface area contributed by atoms with Gasteiger partial charge in [0.05, 0.1) is 0 Å². The molecule has 0 N–H and O–H groups in total. The van der Waals surface area contributed by atoms with Gasteiger partial charge in [-0.3, -0.25) is 4.79 Å². The normalized spacial score (nSPS) is 10.6. The van der Waals surface area contributed by atoms with Gasteiger partial charge >= 0.3 is 0 Å². The van der Waals surface area contributed by atoms with E-state index < -0.39 is 0 Å². The first-order valence-electron chi connectivity index (χ1n) is 3.56. The third-order valence-electron chi connectivity index (χ3n) is 1.57. The van der Waals surface area contributed by atoms with Crippen molar-refractivity contribution in [3.8, 4) is 0 Å². The number of hydrogen-bond donors (Lipinski definition) is 0. The van der Waals surface area contributed by atoms with Crippen LogP contribution in [-0.4, -0.2) is 10.9 Å². The predicted molar refractivity (Wildman–Crippen MR) is 44.4 cm³/mol. The second kappa shape index (κ2) is 3.76. The smallest absolute Gasteiger partial charge is 0.142 e. The minimum Gasteiger partial charge on any atom is -0.348 e. The van der Waals surface area contributed by atoms with Crippen LogP contribution in [0.4, 0.5) is 0 Å². The van der Waals surface area contributed by atoms with Crippen molar-refractivity contribution in [1.29, 1.82) is 0 Å². The Balaban J connectivity index is 2.57. The lowest BCUT2D eigenvalue weighted by Crippen LogP contribution is -1.94. The van der Waals surface area contributed by atoms with Crippen molar-refractivity contribution in [2.45, 2.75) is 13.5 Å². The summed E-state index contributed by atoms with van der Waals surface area (Å²) in [7, 11) is 0. The van der Waals surface area contributed by atoms with Crippen molar-refractivity contribution in [1.82, 2.24) is 4.57 Å². The summed E-state index contributed by atoms with van der Waals surface area (Å²) in [5.41, 5.74) is 1.21. The molecule has 0 bridgehead atoms. The number of aryl methyl sites for hydroxylation is 1. The summed E-state index contributed by atoms with van der Waals surface area (Å²) in [5, 5.41) is 0. The summed E-state index contributed by atoms with van der Waals surface area (Å²) < 4.78 is 2.07. The van der Waals surface area contributed by atoms with Crippen LogP contribution in [-0.2, 0) is 11.3 Å². The standard InChI is InChI=1S/C9H11NO/c1-9-5-4-7-10(9)6-2-3-8-11/h2-5,7-8H,6H2,1H3/b3-2+. The first-order valence-corrected chi connectivity index (χ1v) is 3.56. The van der Waals surface area contributed by atoms with Crippen LogP contribution in [0, 0.1) is 6.92 Å². The fraction of sp³-hybridized carbons (Fsp3) is 0.222. The molecule has 0 fully saturated rings. The predicted octanol–water partition coefficient (Wildman–Crippen LogP) is 1.55. The highest BCUT2D eigenvalue weighted by atomic mass is 16.1. The zero-order valence-corrected chi connectivity index (χ0v) is 6.53. The first kappa shape index (κ1) is 7.79. The molecule has 58 valence electrons. The fourth-order valence-corrected chi connectivity index (χ4v) is 0.934. The maximum Gasteiger partial charge on any atom is 0.142 e.